The number of para-hydroxylation sites is 1. The van der Waals surface area contributed by atoms with Crippen molar-refractivity contribution in [2.45, 2.75) is 13.5 Å². The van der Waals surface area contributed by atoms with Gasteiger partial charge in [-0.05, 0) is 52.7 Å². The number of aryl methyl sites for hydroxylation is 1. The highest BCUT2D eigenvalue weighted by molar-refractivity contribution is 9.10. The van der Waals surface area contributed by atoms with E-state index < -0.39 is 0 Å². The quantitative estimate of drug-likeness (QED) is 0.508. The van der Waals surface area contributed by atoms with Crippen LogP contribution in [-0.4, -0.2) is 23.3 Å². The van der Waals surface area contributed by atoms with E-state index in [4.69, 9.17) is 6.42 Å². The van der Waals surface area contributed by atoms with Crippen LogP contribution in [0.3, 0.4) is 0 Å². The van der Waals surface area contributed by atoms with Crippen LogP contribution in [0.25, 0.3) is 0 Å². The number of carbonyl (C=O) groups excluding carboxylic acids is 2. The van der Waals surface area contributed by atoms with Crippen molar-refractivity contribution in [2.24, 2.45) is 0 Å². The van der Waals surface area contributed by atoms with Crippen LogP contribution in [0.4, 0.5) is 5.69 Å². The molecule has 0 atom stereocenters. The topological polar surface area (TPSA) is 49.4 Å². The SMILES string of the molecule is C#CCN(Cc1ccc(C)cc1)C(=O)c1ccccc1NC(=O)c1ccccc1Br. The summed E-state index contributed by atoms with van der Waals surface area (Å²) >= 11 is 3.39. The van der Waals surface area contributed by atoms with E-state index in [2.05, 4.69) is 27.2 Å². The third-order valence-corrected chi connectivity index (χ3v) is 5.28. The summed E-state index contributed by atoms with van der Waals surface area (Å²) in [5.41, 5.74) is 3.45. The van der Waals surface area contributed by atoms with Crippen molar-refractivity contribution in [1.82, 2.24) is 4.90 Å². The molecule has 0 unspecified atom stereocenters. The van der Waals surface area contributed by atoms with E-state index in [1.54, 1.807) is 47.4 Å². The van der Waals surface area contributed by atoms with Crippen LogP contribution in [-0.2, 0) is 6.54 Å². The van der Waals surface area contributed by atoms with E-state index in [1.165, 1.54) is 0 Å². The number of nitrogens with one attached hydrogen (secondary N) is 1. The molecule has 3 aromatic carbocycles. The minimum Gasteiger partial charge on any atom is -0.323 e. The standard InChI is InChI=1S/C25H21BrN2O2/c1-3-16-28(17-19-14-12-18(2)13-15-19)25(30)21-9-5-7-11-23(21)27-24(29)20-8-4-6-10-22(20)26/h1,4-15H,16-17H2,2H3,(H,27,29). The Hall–Kier alpha value is -3.36. The van der Waals surface area contributed by atoms with Crippen LogP contribution in [0.5, 0.6) is 0 Å². The van der Waals surface area contributed by atoms with Crippen molar-refractivity contribution in [3.05, 3.63) is 99.5 Å². The van der Waals surface area contributed by atoms with E-state index in [0.717, 1.165) is 11.1 Å². The molecule has 0 saturated heterocycles. The van der Waals surface area contributed by atoms with Crippen LogP contribution in [0, 0.1) is 19.3 Å². The maximum Gasteiger partial charge on any atom is 0.257 e. The number of halogens is 1. The highest BCUT2D eigenvalue weighted by Crippen LogP contribution is 2.22. The molecule has 3 rings (SSSR count). The second-order valence-electron chi connectivity index (χ2n) is 6.83. The van der Waals surface area contributed by atoms with Gasteiger partial charge < -0.3 is 10.2 Å². The second-order valence-corrected chi connectivity index (χ2v) is 7.68. The zero-order valence-corrected chi connectivity index (χ0v) is 18.1. The Morgan fingerprint density at radius 2 is 1.60 bits per heavy atom. The Morgan fingerprint density at radius 1 is 0.967 bits per heavy atom. The molecule has 30 heavy (non-hydrogen) atoms. The lowest BCUT2D eigenvalue weighted by atomic mass is 10.1. The number of carbonyl (C=O) groups is 2. The summed E-state index contributed by atoms with van der Waals surface area (Å²) in [7, 11) is 0. The molecule has 2 amide bonds. The van der Waals surface area contributed by atoms with Gasteiger partial charge in [0.1, 0.15) is 0 Å². The lowest BCUT2D eigenvalue weighted by Gasteiger charge is -2.22. The Bertz CT molecular complexity index is 1100. The van der Waals surface area contributed by atoms with Crippen molar-refractivity contribution in [3.8, 4) is 12.3 Å². The van der Waals surface area contributed by atoms with Crippen molar-refractivity contribution in [1.29, 1.82) is 0 Å². The fraction of sp³-hybridized carbons (Fsp3) is 0.120. The predicted molar refractivity (Wildman–Crippen MR) is 123 cm³/mol. The molecule has 0 aliphatic rings. The van der Waals surface area contributed by atoms with Crippen LogP contribution < -0.4 is 5.32 Å². The molecule has 4 nitrogen and oxygen atoms in total. The van der Waals surface area contributed by atoms with E-state index in [0.29, 0.717) is 27.8 Å². The van der Waals surface area contributed by atoms with Crippen LogP contribution in [0.1, 0.15) is 31.8 Å². The number of anilines is 1. The minimum absolute atomic E-state index is 0.166. The Morgan fingerprint density at radius 3 is 2.27 bits per heavy atom. The molecular weight excluding hydrogens is 440 g/mol. The maximum absolute atomic E-state index is 13.3. The zero-order chi connectivity index (χ0) is 21.5. The van der Waals surface area contributed by atoms with Gasteiger partial charge in [-0.1, -0.05) is 60.0 Å². The van der Waals surface area contributed by atoms with Crippen LogP contribution in [0.15, 0.2) is 77.3 Å². The lowest BCUT2D eigenvalue weighted by Crippen LogP contribution is -2.31. The molecule has 0 spiro atoms. The van der Waals surface area contributed by atoms with Gasteiger partial charge in [-0.3, -0.25) is 9.59 Å². The highest BCUT2D eigenvalue weighted by Gasteiger charge is 2.20. The van der Waals surface area contributed by atoms with Gasteiger partial charge in [-0.15, -0.1) is 6.42 Å². The van der Waals surface area contributed by atoms with E-state index >= 15 is 0 Å². The summed E-state index contributed by atoms with van der Waals surface area (Å²) in [6.07, 6.45) is 5.52. The minimum atomic E-state index is -0.301. The first-order chi connectivity index (χ1) is 14.5. The van der Waals surface area contributed by atoms with E-state index in [9.17, 15) is 9.59 Å². The predicted octanol–water partition coefficient (Wildman–Crippen LogP) is 5.29. The summed E-state index contributed by atoms with van der Waals surface area (Å²) in [4.78, 5) is 27.6. The lowest BCUT2D eigenvalue weighted by molar-refractivity contribution is 0.0767. The number of nitrogens with zero attached hydrogens (tertiary/aromatic N) is 1. The van der Waals surface area contributed by atoms with Gasteiger partial charge in [0, 0.05) is 11.0 Å². The molecule has 0 heterocycles. The normalized spacial score (nSPS) is 10.2. The summed E-state index contributed by atoms with van der Waals surface area (Å²) < 4.78 is 0.680. The van der Waals surface area contributed by atoms with Gasteiger partial charge >= 0.3 is 0 Å². The fourth-order valence-corrected chi connectivity index (χ4v) is 3.47. The van der Waals surface area contributed by atoms with Crippen molar-refractivity contribution in [3.63, 3.8) is 0 Å². The summed E-state index contributed by atoms with van der Waals surface area (Å²) in [5, 5.41) is 2.85. The average Bonchev–Trinajstić information content (AvgIpc) is 2.75. The van der Waals surface area contributed by atoms with E-state index in [1.807, 2.05) is 37.3 Å². The van der Waals surface area contributed by atoms with Gasteiger partial charge in [0.05, 0.1) is 23.4 Å². The first-order valence-corrected chi connectivity index (χ1v) is 10.2. The maximum atomic E-state index is 13.3. The molecule has 1 N–H and O–H groups in total. The Balaban J connectivity index is 1.86. The van der Waals surface area contributed by atoms with Gasteiger partial charge in [0.25, 0.3) is 11.8 Å². The molecule has 0 aliphatic heterocycles. The summed E-state index contributed by atoms with van der Waals surface area (Å²) in [5.74, 6) is 2.01. The second kappa shape index (κ2) is 9.91. The summed E-state index contributed by atoms with van der Waals surface area (Å²) in [6, 6.07) is 22.0. The number of benzene rings is 3. The van der Waals surface area contributed by atoms with Crippen molar-refractivity contribution >= 4 is 33.4 Å². The van der Waals surface area contributed by atoms with Gasteiger partial charge in [0.2, 0.25) is 0 Å². The first-order valence-electron chi connectivity index (χ1n) is 9.43. The fourth-order valence-electron chi connectivity index (χ4n) is 3.01. The van der Waals surface area contributed by atoms with Crippen LogP contribution in [0.2, 0.25) is 0 Å². The third-order valence-electron chi connectivity index (χ3n) is 4.59. The van der Waals surface area contributed by atoms with Gasteiger partial charge in [-0.25, -0.2) is 0 Å². The van der Waals surface area contributed by atoms with E-state index in [-0.39, 0.29) is 18.4 Å². The van der Waals surface area contributed by atoms with Crippen molar-refractivity contribution < 1.29 is 9.59 Å². The monoisotopic (exact) mass is 460 g/mol. The molecule has 0 bridgehead atoms. The molecule has 0 fully saturated rings. The number of terminal acetylenes is 1. The molecule has 5 heteroatoms. The number of rotatable bonds is 6. The average molecular weight is 461 g/mol. The molecule has 0 aliphatic carbocycles. The number of amides is 2. The molecule has 0 radical (unpaired) electrons. The molecule has 0 aromatic heterocycles. The van der Waals surface area contributed by atoms with Gasteiger partial charge in [0.15, 0.2) is 0 Å². The Labute approximate surface area is 185 Å². The highest BCUT2D eigenvalue weighted by atomic mass is 79.9. The largest absolute Gasteiger partial charge is 0.323 e. The smallest absolute Gasteiger partial charge is 0.257 e. The molecular formula is C25H21BrN2O2. The van der Waals surface area contributed by atoms with Gasteiger partial charge in [-0.2, -0.15) is 0 Å². The number of hydrogen-bond donors (Lipinski definition) is 1. The number of hydrogen-bond acceptors (Lipinski definition) is 2. The third kappa shape index (κ3) is 5.16. The molecule has 150 valence electrons. The van der Waals surface area contributed by atoms with Crippen molar-refractivity contribution in [2.75, 3.05) is 11.9 Å². The van der Waals surface area contributed by atoms with Crippen LogP contribution >= 0.6 is 15.9 Å². The molecule has 0 saturated carbocycles. The summed E-state index contributed by atoms with van der Waals surface area (Å²) in [6.45, 7) is 2.56. The molecule has 3 aromatic rings. The first kappa shape index (κ1) is 21.4. The zero-order valence-electron chi connectivity index (χ0n) is 16.6. The Kier molecular flexibility index (Phi) is 7.05.